The Morgan fingerprint density at radius 1 is 1.44 bits per heavy atom. The summed E-state index contributed by atoms with van der Waals surface area (Å²) in [6.07, 6.45) is 2.94. The molecule has 1 N–H and O–H groups in total. The fourth-order valence-electron chi connectivity index (χ4n) is 2.01. The number of aromatic nitrogens is 1. The number of hydrogen-bond donors (Lipinski definition) is 1. The molecule has 2 aromatic rings. The molecular weight excluding hydrogens is 308 g/mol. The van der Waals surface area contributed by atoms with E-state index in [0.717, 1.165) is 13.0 Å². The van der Waals surface area contributed by atoms with Crippen molar-refractivity contribution in [2.75, 3.05) is 6.54 Å². The third kappa shape index (κ3) is 3.40. The van der Waals surface area contributed by atoms with Gasteiger partial charge in [-0.3, -0.25) is 4.98 Å². The van der Waals surface area contributed by atoms with Gasteiger partial charge >= 0.3 is 0 Å². The van der Waals surface area contributed by atoms with Gasteiger partial charge in [0.05, 0.1) is 5.51 Å². The maximum absolute atomic E-state index is 4.15. The number of thiazole rings is 1. The predicted molar refractivity (Wildman–Crippen MR) is 81.1 cm³/mol. The van der Waals surface area contributed by atoms with Crippen LogP contribution in [-0.4, -0.2) is 11.5 Å². The summed E-state index contributed by atoms with van der Waals surface area (Å²) in [5.74, 6) is 0. The maximum Gasteiger partial charge on any atom is 0.0794 e. The number of nitrogens with zero attached hydrogens (tertiary/aromatic N) is 1. The van der Waals surface area contributed by atoms with Gasteiger partial charge in [0.15, 0.2) is 0 Å². The van der Waals surface area contributed by atoms with Crippen LogP contribution in [0.4, 0.5) is 0 Å². The summed E-state index contributed by atoms with van der Waals surface area (Å²) in [7, 11) is 0. The van der Waals surface area contributed by atoms with Crippen molar-refractivity contribution in [3.05, 3.63) is 50.4 Å². The Kier molecular flexibility index (Phi) is 4.92. The first-order chi connectivity index (χ1) is 8.70. The molecule has 0 saturated carbocycles. The van der Waals surface area contributed by atoms with E-state index in [1.54, 1.807) is 11.3 Å². The van der Waals surface area contributed by atoms with Gasteiger partial charge in [-0.15, -0.1) is 11.3 Å². The van der Waals surface area contributed by atoms with Gasteiger partial charge in [-0.25, -0.2) is 0 Å². The Morgan fingerprint density at radius 3 is 2.94 bits per heavy atom. The third-order valence-electron chi connectivity index (χ3n) is 2.87. The first-order valence-corrected chi connectivity index (χ1v) is 7.74. The summed E-state index contributed by atoms with van der Waals surface area (Å²) in [5, 5.41) is 3.55. The Morgan fingerprint density at radius 2 is 2.28 bits per heavy atom. The SMILES string of the molecule is CCNC(Cc1cncs1)c1cc(C)ccc1Br. The lowest BCUT2D eigenvalue weighted by atomic mass is 10.0. The van der Waals surface area contributed by atoms with Gasteiger partial charge in [-0.1, -0.05) is 40.5 Å². The van der Waals surface area contributed by atoms with E-state index in [1.165, 1.54) is 20.5 Å². The first-order valence-electron chi connectivity index (χ1n) is 6.07. The summed E-state index contributed by atoms with van der Waals surface area (Å²) in [4.78, 5) is 5.46. The van der Waals surface area contributed by atoms with E-state index < -0.39 is 0 Å². The number of aryl methyl sites for hydroxylation is 1. The largest absolute Gasteiger partial charge is 0.310 e. The van der Waals surface area contributed by atoms with E-state index in [4.69, 9.17) is 0 Å². The van der Waals surface area contributed by atoms with Crippen LogP contribution in [0.15, 0.2) is 34.4 Å². The number of likely N-dealkylation sites (N-methyl/N-ethyl adjacent to an activating group) is 1. The van der Waals surface area contributed by atoms with Gasteiger partial charge < -0.3 is 5.32 Å². The van der Waals surface area contributed by atoms with Crippen molar-refractivity contribution >= 4 is 27.3 Å². The third-order valence-corrected chi connectivity index (χ3v) is 4.39. The Bertz CT molecular complexity index is 497. The van der Waals surface area contributed by atoms with Crippen LogP contribution in [0.25, 0.3) is 0 Å². The highest BCUT2D eigenvalue weighted by Gasteiger charge is 2.15. The number of hydrogen-bond acceptors (Lipinski definition) is 3. The minimum absolute atomic E-state index is 0.338. The summed E-state index contributed by atoms with van der Waals surface area (Å²) in [6, 6.07) is 6.84. The molecule has 1 atom stereocenters. The average Bonchev–Trinajstić information content (AvgIpc) is 2.85. The van der Waals surface area contributed by atoms with Gasteiger partial charge in [-0.2, -0.15) is 0 Å². The molecule has 96 valence electrons. The second kappa shape index (κ2) is 6.45. The smallest absolute Gasteiger partial charge is 0.0794 e. The molecule has 2 nitrogen and oxygen atoms in total. The van der Waals surface area contributed by atoms with E-state index in [9.17, 15) is 0 Å². The standard InChI is InChI=1S/C14H17BrN2S/c1-3-17-14(7-11-8-16-9-18-11)12-6-10(2)4-5-13(12)15/h4-6,8-9,14,17H,3,7H2,1-2H3. The van der Waals surface area contributed by atoms with Crippen molar-refractivity contribution < 1.29 is 0 Å². The van der Waals surface area contributed by atoms with Crippen LogP contribution in [0.1, 0.15) is 29.0 Å². The first kappa shape index (κ1) is 13.7. The minimum atomic E-state index is 0.338. The van der Waals surface area contributed by atoms with Crippen molar-refractivity contribution in [3.63, 3.8) is 0 Å². The topological polar surface area (TPSA) is 24.9 Å². The number of benzene rings is 1. The van der Waals surface area contributed by atoms with Gasteiger partial charge in [0.2, 0.25) is 0 Å². The molecule has 0 aliphatic heterocycles. The van der Waals surface area contributed by atoms with Crippen LogP contribution in [0.3, 0.4) is 0 Å². The molecule has 18 heavy (non-hydrogen) atoms. The molecule has 0 saturated heterocycles. The molecule has 0 aliphatic carbocycles. The summed E-state index contributed by atoms with van der Waals surface area (Å²) >= 11 is 5.37. The fourth-order valence-corrected chi connectivity index (χ4v) is 3.18. The van der Waals surface area contributed by atoms with Crippen molar-refractivity contribution in [2.45, 2.75) is 26.3 Å². The molecule has 2 rings (SSSR count). The van der Waals surface area contributed by atoms with Gasteiger partial charge in [0, 0.05) is 28.0 Å². The molecular formula is C14H17BrN2S. The van der Waals surface area contributed by atoms with Crippen LogP contribution < -0.4 is 5.32 Å². The molecule has 1 heterocycles. The highest BCUT2D eigenvalue weighted by molar-refractivity contribution is 9.10. The molecule has 0 fully saturated rings. The van der Waals surface area contributed by atoms with Gasteiger partial charge in [-0.05, 0) is 25.1 Å². The zero-order valence-electron chi connectivity index (χ0n) is 10.6. The molecule has 1 aromatic heterocycles. The maximum atomic E-state index is 4.15. The Hall–Kier alpha value is -0.710. The number of halogens is 1. The van der Waals surface area contributed by atoms with E-state index in [2.05, 4.69) is 58.3 Å². The molecule has 0 radical (unpaired) electrons. The summed E-state index contributed by atoms with van der Waals surface area (Å²) < 4.78 is 1.17. The van der Waals surface area contributed by atoms with Crippen molar-refractivity contribution in [2.24, 2.45) is 0 Å². The predicted octanol–water partition coefficient (Wildman–Crippen LogP) is 4.11. The lowest BCUT2D eigenvalue weighted by molar-refractivity contribution is 0.551. The molecule has 4 heteroatoms. The summed E-state index contributed by atoms with van der Waals surface area (Å²) in [6.45, 7) is 5.23. The van der Waals surface area contributed by atoms with Crippen LogP contribution in [0.2, 0.25) is 0 Å². The molecule has 0 spiro atoms. The van der Waals surface area contributed by atoms with Crippen molar-refractivity contribution in [1.82, 2.24) is 10.3 Å². The number of rotatable bonds is 5. The average molecular weight is 325 g/mol. The second-order valence-corrected chi connectivity index (χ2v) is 6.13. The van der Waals surface area contributed by atoms with Gasteiger partial charge in [0.25, 0.3) is 0 Å². The molecule has 0 bridgehead atoms. The van der Waals surface area contributed by atoms with Crippen LogP contribution in [0.5, 0.6) is 0 Å². The van der Waals surface area contributed by atoms with Crippen molar-refractivity contribution in [3.8, 4) is 0 Å². The molecule has 1 unspecified atom stereocenters. The fraction of sp³-hybridized carbons (Fsp3) is 0.357. The zero-order valence-corrected chi connectivity index (χ0v) is 13.0. The second-order valence-electron chi connectivity index (χ2n) is 4.31. The van der Waals surface area contributed by atoms with E-state index in [1.807, 2.05) is 11.7 Å². The van der Waals surface area contributed by atoms with Crippen molar-refractivity contribution in [1.29, 1.82) is 0 Å². The monoisotopic (exact) mass is 324 g/mol. The quantitative estimate of drug-likeness (QED) is 0.895. The summed E-state index contributed by atoms with van der Waals surface area (Å²) in [5.41, 5.74) is 4.51. The van der Waals surface area contributed by atoms with Gasteiger partial charge in [0.1, 0.15) is 0 Å². The molecule has 1 aromatic carbocycles. The lowest BCUT2D eigenvalue weighted by Crippen LogP contribution is -2.23. The van der Waals surface area contributed by atoms with E-state index in [-0.39, 0.29) is 0 Å². The normalized spacial score (nSPS) is 12.6. The molecule has 0 aliphatic rings. The van der Waals surface area contributed by atoms with E-state index >= 15 is 0 Å². The zero-order chi connectivity index (χ0) is 13.0. The van der Waals surface area contributed by atoms with E-state index in [0.29, 0.717) is 6.04 Å². The van der Waals surface area contributed by atoms with Crippen LogP contribution in [-0.2, 0) is 6.42 Å². The highest BCUT2D eigenvalue weighted by Crippen LogP contribution is 2.28. The number of nitrogens with one attached hydrogen (secondary N) is 1. The van der Waals surface area contributed by atoms with Crippen LogP contribution in [0, 0.1) is 6.92 Å². The molecule has 0 amide bonds. The van der Waals surface area contributed by atoms with Crippen LogP contribution >= 0.6 is 27.3 Å². The highest BCUT2D eigenvalue weighted by atomic mass is 79.9. The Balaban J connectivity index is 2.26. The minimum Gasteiger partial charge on any atom is -0.310 e. The lowest BCUT2D eigenvalue weighted by Gasteiger charge is -2.19. The Labute approximate surface area is 121 Å².